The third-order valence-corrected chi connectivity index (χ3v) is 1.78. The van der Waals surface area contributed by atoms with Crippen molar-refractivity contribution >= 4 is 12.2 Å². The van der Waals surface area contributed by atoms with Crippen LogP contribution < -0.4 is 0 Å². The standard InChI is InChI=1S/C9H18N2O2/c1-10(2)6-7-11(3)9(13)5-4-8-12/h8H,4-7H2,1-3H3. The van der Waals surface area contributed by atoms with Gasteiger partial charge in [-0.2, -0.15) is 0 Å². The van der Waals surface area contributed by atoms with Crippen LogP contribution in [-0.4, -0.2) is 56.2 Å². The van der Waals surface area contributed by atoms with E-state index in [2.05, 4.69) is 0 Å². The molecule has 0 saturated carbocycles. The number of hydrogen-bond donors (Lipinski definition) is 0. The summed E-state index contributed by atoms with van der Waals surface area (Å²) in [6.45, 7) is 1.56. The molecule has 13 heavy (non-hydrogen) atoms. The molecule has 0 aliphatic heterocycles. The van der Waals surface area contributed by atoms with Crippen molar-refractivity contribution in [2.75, 3.05) is 34.2 Å². The summed E-state index contributed by atoms with van der Waals surface area (Å²) in [5.74, 6) is 0.0361. The fourth-order valence-electron chi connectivity index (χ4n) is 0.848. The molecule has 76 valence electrons. The van der Waals surface area contributed by atoms with Crippen molar-refractivity contribution in [2.45, 2.75) is 12.8 Å². The van der Waals surface area contributed by atoms with Crippen LogP contribution >= 0.6 is 0 Å². The van der Waals surface area contributed by atoms with Gasteiger partial charge in [-0.1, -0.05) is 0 Å². The fraction of sp³-hybridized carbons (Fsp3) is 0.778. The molecule has 0 rings (SSSR count). The van der Waals surface area contributed by atoms with Gasteiger partial charge < -0.3 is 14.6 Å². The Bertz CT molecular complexity index is 169. The SMILES string of the molecule is CN(C)CCN(C)C(=O)CCC=O. The van der Waals surface area contributed by atoms with Gasteiger partial charge in [-0.15, -0.1) is 0 Å². The molecule has 0 spiro atoms. The maximum absolute atomic E-state index is 11.3. The first-order valence-corrected chi connectivity index (χ1v) is 4.40. The normalized spacial score (nSPS) is 10.2. The predicted octanol–water partition coefficient (Wildman–Crippen LogP) is -0.0145. The molecule has 0 unspecified atom stereocenters. The first-order valence-electron chi connectivity index (χ1n) is 4.40. The van der Waals surface area contributed by atoms with E-state index in [1.165, 1.54) is 0 Å². The van der Waals surface area contributed by atoms with Crippen molar-refractivity contribution in [3.8, 4) is 0 Å². The van der Waals surface area contributed by atoms with E-state index in [1.54, 1.807) is 11.9 Å². The zero-order valence-corrected chi connectivity index (χ0v) is 8.62. The van der Waals surface area contributed by atoms with Crippen LogP contribution in [0.25, 0.3) is 0 Å². The smallest absolute Gasteiger partial charge is 0.222 e. The van der Waals surface area contributed by atoms with Crippen LogP contribution in [-0.2, 0) is 9.59 Å². The van der Waals surface area contributed by atoms with Gasteiger partial charge >= 0.3 is 0 Å². The number of likely N-dealkylation sites (N-methyl/N-ethyl adjacent to an activating group) is 2. The van der Waals surface area contributed by atoms with Crippen molar-refractivity contribution in [1.29, 1.82) is 0 Å². The van der Waals surface area contributed by atoms with Crippen LogP contribution in [0.5, 0.6) is 0 Å². The Morgan fingerprint density at radius 1 is 1.23 bits per heavy atom. The molecule has 0 radical (unpaired) electrons. The highest BCUT2D eigenvalue weighted by Gasteiger charge is 2.07. The van der Waals surface area contributed by atoms with Gasteiger partial charge in [-0.25, -0.2) is 0 Å². The second-order valence-corrected chi connectivity index (χ2v) is 3.32. The molecular weight excluding hydrogens is 168 g/mol. The molecule has 4 nitrogen and oxygen atoms in total. The molecule has 0 aliphatic carbocycles. The molecule has 0 aromatic heterocycles. The van der Waals surface area contributed by atoms with Gasteiger partial charge in [-0.05, 0) is 14.1 Å². The molecule has 0 saturated heterocycles. The number of carbonyl (C=O) groups is 2. The molecular formula is C9H18N2O2. The van der Waals surface area contributed by atoms with E-state index in [0.717, 1.165) is 12.8 Å². The third-order valence-electron chi connectivity index (χ3n) is 1.78. The lowest BCUT2D eigenvalue weighted by Crippen LogP contribution is -2.33. The average molecular weight is 186 g/mol. The molecule has 0 aromatic rings. The summed E-state index contributed by atoms with van der Waals surface area (Å²) in [4.78, 5) is 25.0. The van der Waals surface area contributed by atoms with E-state index < -0.39 is 0 Å². The Kier molecular flexibility index (Phi) is 6.14. The first kappa shape index (κ1) is 12.1. The Balaban J connectivity index is 3.62. The minimum atomic E-state index is 0.0361. The minimum absolute atomic E-state index is 0.0361. The zero-order valence-electron chi connectivity index (χ0n) is 8.62. The van der Waals surface area contributed by atoms with E-state index >= 15 is 0 Å². The number of nitrogens with zero attached hydrogens (tertiary/aromatic N) is 2. The van der Waals surface area contributed by atoms with Crippen LogP contribution in [0.4, 0.5) is 0 Å². The zero-order chi connectivity index (χ0) is 10.3. The van der Waals surface area contributed by atoms with Crippen LogP contribution in [0.3, 0.4) is 0 Å². The van der Waals surface area contributed by atoms with Crippen LogP contribution in [0.2, 0.25) is 0 Å². The van der Waals surface area contributed by atoms with Gasteiger partial charge in [0.25, 0.3) is 0 Å². The van der Waals surface area contributed by atoms with E-state index in [-0.39, 0.29) is 5.91 Å². The van der Waals surface area contributed by atoms with Gasteiger partial charge in [0.1, 0.15) is 6.29 Å². The molecule has 0 N–H and O–H groups in total. The maximum atomic E-state index is 11.3. The summed E-state index contributed by atoms with van der Waals surface area (Å²) in [7, 11) is 5.68. The van der Waals surface area contributed by atoms with E-state index in [9.17, 15) is 9.59 Å². The second kappa shape index (κ2) is 6.60. The van der Waals surface area contributed by atoms with Gasteiger partial charge in [0, 0.05) is 33.0 Å². The number of rotatable bonds is 6. The average Bonchev–Trinajstić information content (AvgIpc) is 2.10. The molecule has 0 heterocycles. The summed E-state index contributed by atoms with van der Waals surface area (Å²) in [6, 6.07) is 0. The number of aldehydes is 1. The molecule has 0 aliphatic rings. The van der Waals surface area contributed by atoms with Crippen molar-refractivity contribution in [2.24, 2.45) is 0 Å². The minimum Gasteiger partial charge on any atom is -0.344 e. The highest BCUT2D eigenvalue weighted by molar-refractivity contribution is 5.77. The van der Waals surface area contributed by atoms with Crippen molar-refractivity contribution in [3.05, 3.63) is 0 Å². The van der Waals surface area contributed by atoms with Gasteiger partial charge in [-0.3, -0.25) is 4.79 Å². The molecule has 4 heteroatoms. The van der Waals surface area contributed by atoms with Crippen LogP contribution in [0, 0.1) is 0 Å². The van der Waals surface area contributed by atoms with Gasteiger partial charge in [0.05, 0.1) is 0 Å². The lowest BCUT2D eigenvalue weighted by atomic mass is 10.3. The van der Waals surface area contributed by atoms with Crippen molar-refractivity contribution in [3.63, 3.8) is 0 Å². The van der Waals surface area contributed by atoms with Crippen molar-refractivity contribution < 1.29 is 9.59 Å². The number of amides is 1. The van der Waals surface area contributed by atoms with Gasteiger partial charge in [0.2, 0.25) is 5.91 Å². The Morgan fingerprint density at radius 3 is 2.31 bits per heavy atom. The van der Waals surface area contributed by atoms with E-state index in [4.69, 9.17) is 0 Å². The van der Waals surface area contributed by atoms with Crippen LogP contribution in [0.1, 0.15) is 12.8 Å². The Hall–Kier alpha value is -0.900. The monoisotopic (exact) mass is 186 g/mol. The molecule has 1 amide bonds. The number of hydrogen-bond acceptors (Lipinski definition) is 3. The lowest BCUT2D eigenvalue weighted by molar-refractivity contribution is -0.131. The highest BCUT2D eigenvalue weighted by atomic mass is 16.2. The summed E-state index contributed by atoms with van der Waals surface area (Å²) in [6.07, 6.45) is 1.43. The molecule has 0 fully saturated rings. The fourth-order valence-corrected chi connectivity index (χ4v) is 0.848. The highest BCUT2D eigenvalue weighted by Crippen LogP contribution is 1.93. The lowest BCUT2D eigenvalue weighted by Gasteiger charge is -2.19. The molecule has 0 aromatic carbocycles. The topological polar surface area (TPSA) is 40.6 Å². The van der Waals surface area contributed by atoms with E-state index in [1.807, 2.05) is 19.0 Å². The van der Waals surface area contributed by atoms with Gasteiger partial charge in [0.15, 0.2) is 0 Å². The van der Waals surface area contributed by atoms with Crippen LogP contribution in [0.15, 0.2) is 0 Å². The second-order valence-electron chi connectivity index (χ2n) is 3.32. The predicted molar refractivity (Wildman–Crippen MR) is 51.5 cm³/mol. The largest absolute Gasteiger partial charge is 0.344 e. The molecule has 0 atom stereocenters. The summed E-state index contributed by atoms with van der Waals surface area (Å²) in [5, 5.41) is 0. The van der Waals surface area contributed by atoms with E-state index in [0.29, 0.717) is 19.4 Å². The summed E-state index contributed by atoms with van der Waals surface area (Å²) in [5.41, 5.74) is 0. The maximum Gasteiger partial charge on any atom is 0.222 e. The molecule has 0 bridgehead atoms. The van der Waals surface area contributed by atoms with Crippen molar-refractivity contribution in [1.82, 2.24) is 9.80 Å². The number of carbonyl (C=O) groups excluding carboxylic acids is 2. The first-order chi connectivity index (χ1) is 6.07. The summed E-state index contributed by atoms with van der Waals surface area (Å²) < 4.78 is 0. The quantitative estimate of drug-likeness (QED) is 0.548. The third kappa shape index (κ3) is 6.28. The Morgan fingerprint density at radius 2 is 1.85 bits per heavy atom. The Labute approximate surface area is 79.5 Å². The summed E-state index contributed by atoms with van der Waals surface area (Å²) >= 11 is 0.